The molecule has 1 aromatic rings. The van der Waals surface area contributed by atoms with E-state index in [0.29, 0.717) is 27.9 Å². The Bertz CT molecular complexity index is 418. The first-order valence-corrected chi connectivity index (χ1v) is 6.18. The first kappa shape index (κ1) is 11.9. The van der Waals surface area contributed by atoms with Crippen LogP contribution in [0.1, 0.15) is 23.2 Å². The topological polar surface area (TPSA) is 49.3 Å². The number of halogens is 2. The molecule has 5 heteroatoms. The summed E-state index contributed by atoms with van der Waals surface area (Å²) in [7, 11) is 0. The molecule has 86 valence electrons. The van der Waals surface area contributed by atoms with E-state index in [1.54, 1.807) is 18.2 Å². The number of rotatable bonds is 2. The van der Waals surface area contributed by atoms with Gasteiger partial charge in [-0.25, -0.2) is 0 Å². The van der Waals surface area contributed by atoms with Crippen molar-refractivity contribution in [2.75, 3.05) is 0 Å². The third-order valence-corrected chi connectivity index (χ3v) is 3.94. The normalized spacial score (nSPS) is 23.7. The summed E-state index contributed by atoms with van der Waals surface area (Å²) in [6, 6.07) is 5.29. The van der Waals surface area contributed by atoms with Crippen LogP contribution in [0.5, 0.6) is 0 Å². The molecule has 16 heavy (non-hydrogen) atoms. The molecule has 0 spiro atoms. The number of aliphatic hydroxyl groups is 1. The van der Waals surface area contributed by atoms with Crippen molar-refractivity contribution in [2.24, 2.45) is 0 Å². The summed E-state index contributed by atoms with van der Waals surface area (Å²) in [5, 5.41) is 12.4. The summed E-state index contributed by atoms with van der Waals surface area (Å²) in [5.41, 5.74) is 0.456. The monoisotopic (exact) mass is 303 g/mol. The van der Waals surface area contributed by atoms with Gasteiger partial charge in [-0.05, 0) is 40.9 Å². The van der Waals surface area contributed by atoms with Crippen molar-refractivity contribution >= 4 is 33.4 Å². The quantitative estimate of drug-likeness (QED) is 0.881. The van der Waals surface area contributed by atoms with Crippen LogP contribution in [-0.4, -0.2) is 23.2 Å². The van der Waals surface area contributed by atoms with Gasteiger partial charge in [0, 0.05) is 10.5 Å². The zero-order chi connectivity index (χ0) is 11.7. The molecule has 0 atom stereocenters. The van der Waals surface area contributed by atoms with Gasteiger partial charge in [0.2, 0.25) is 0 Å². The summed E-state index contributed by atoms with van der Waals surface area (Å²) in [4.78, 5) is 11.8. The summed E-state index contributed by atoms with van der Waals surface area (Å²) >= 11 is 9.27. The summed E-state index contributed by atoms with van der Waals surface area (Å²) in [6.07, 6.45) is 0.970. The summed E-state index contributed by atoms with van der Waals surface area (Å²) < 4.78 is 0.704. The molecule has 1 aliphatic carbocycles. The lowest BCUT2D eigenvalue weighted by molar-refractivity contribution is 0.0563. The molecule has 1 fully saturated rings. The number of carbonyl (C=O) groups excluding carboxylic acids is 1. The van der Waals surface area contributed by atoms with Crippen LogP contribution in [0.3, 0.4) is 0 Å². The van der Waals surface area contributed by atoms with Gasteiger partial charge in [0.25, 0.3) is 5.91 Å². The van der Waals surface area contributed by atoms with Crippen molar-refractivity contribution in [1.29, 1.82) is 0 Å². The highest BCUT2D eigenvalue weighted by molar-refractivity contribution is 9.10. The lowest BCUT2D eigenvalue weighted by atomic mass is 9.89. The molecule has 0 bridgehead atoms. The predicted molar refractivity (Wildman–Crippen MR) is 65.6 cm³/mol. The van der Waals surface area contributed by atoms with Crippen molar-refractivity contribution < 1.29 is 9.90 Å². The van der Waals surface area contributed by atoms with Crippen LogP contribution in [0, 0.1) is 0 Å². The first-order chi connectivity index (χ1) is 7.58. The highest BCUT2D eigenvalue weighted by Crippen LogP contribution is 2.27. The minimum absolute atomic E-state index is 0.0672. The van der Waals surface area contributed by atoms with Crippen LogP contribution in [0.2, 0.25) is 5.02 Å². The lowest BCUT2D eigenvalue weighted by Gasteiger charge is -2.32. The van der Waals surface area contributed by atoms with Crippen LogP contribution >= 0.6 is 27.5 Å². The number of hydrogen-bond donors (Lipinski definition) is 2. The van der Waals surface area contributed by atoms with Crippen molar-refractivity contribution in [3.63, 3.8) is 0 Å². The lowest BCUT2D eigenvalue weighted by Crippen LogP contribution is -2.46. The Morgan fingerprint density at radius 1 is 1.50 bits per heavy atom. The van der Waals surface area contributed by atoms with E-state index in [1.807, 2.05) is 0 Å². The molecule has 0 saturated heterocycles. The molecule has 1 aromatic carbocycles. The maximum atomic E-state index is 11.8. The SMILES string of the molecule is O=C(NC1CC(O)C1)c1cccc(Br)c1Cl. The Labute approximate surface area is 107 Å². The number of nitrogens with one attached hydrogen (secondary N) is 1. The fourth-order valence-corrected chi connectivity index (χ4v) is 2.23. The number of hydrogen-bond acceptors (Lipinski definition) is 2. The number of aliphatic hydroxyl groups excluding tert-OH is 1. The van der Waals surface area contributed by atoms with E-state index in [-0.39, 0.29) is 18.1 Å². The summed E-state index contributed by atoms with van der Waals surface area (Å²) in [5.74, 6) is -0.191. The van der Waals surface area contributed by atoms with Crippen molar-refractivity contribution in [3.05, 3.63) is 33.3 Å². The fraction of sp³-hybridized carbons (Fsp3) is 0.364. The molecule has 0 unspecified atom stereocenters. The van der Waals surface area contributed by atoms with E-state index in [4.69, 9.17) is 16.7 Å². The van der Waals surface area contributed by atoms with Gasteiger partial charge >= 0.3 is 0 Å². The van der Waals surface area contributed by atoms with Gasteiger partial charge < -0.3 is 10.4 Å². The van der Waals surface area contributed by atoms with Gasteiger partial charge in [-0.2, -0.15) is 0 Å². The molecule has 3 nitrogen and oxygen atoms in total. The van der Waals surface area contributed by atoms with Crippen LogP contribution in [-0.2, 0) is 0 Å². The molecule has 0 aromatic heterocycles. The average Bonchev–Trinajstić information content (AvgIpc) is 2.19. The Hall–Kier alpha value is -0.580. The zero-order valence-electron chi connectivity index (χ0n) is 8.41. The minimum atomic E-state index is -0.275. The zero-order valence-corrected chi connectivity index (χ0v) is 10.8. The van der Waals surface area contributed by atoms with E-state index in [1.165, 1.54) is 0 Å². The number of benzene rings is 1. The molecule has 2 N–H and O–H groups in total. The molecule has 1 saturated carbocycles. The predicted octanol–water partition coefficient (Wildman–Crippen LogP) is 2.36. The second-order valence-electron chi connectivity index (χ2n) is 3.90. The molecule has 0 radical (unpaired) electrons. The largest absolute Gasteiger partial charge is 0.393 e. The molecule has 1 amide bonds. The van der Waals surface area contributed by atoms with Gasteiger partial charge in [-0.3, -0.25) is 4.79 Å². The highest BCUT2D eigenvalue weighted by Gasteiger charge is 2.29. The molecule has 0 aliphatic heterocycles. The third kappa shape index (κ3) is 2.39. The van der Waals surface area contributed by atoms with Gasteiger partial charge in [0.05, 0.1) is 16.7 Å². The molecule has 0 heterocycles. The first-order valence-electron chi connectivity index (χ1n) is 5.01. The smallest absolute Gasteiger partial charge is 0.253 e. The average molecular weight is 305 g/mol. The van der Waals surface area contributed by atoms with Crippen LogP contribution in [0.25, 0.3) is 0 Å². The van der Waals surface area contributed by atoms with E-state index in [2.05, 4.69) is 21.2 Å². The third-order valence-electron chi connectivity index (χ3n) is 2.64. The Balaban J connectivity index is 2.06. The Morgan fingerprint density at radius 2 is 2.19 bits per heavy atom. The van der Waals surface area contributed by atoms with E-state index in [0.717, 1.165) is 0 Å². The Kier molecular flexibility index (Phi) is 3.52. The fourth-order valence-electron chi connectivity index (χ4n) is 1.65. The Morgan fingerprint density at radius 3 is 2.81 bits per heavy atom. The van der Waals surface area contributed by atoms with Gasteiger partial charge in [-0.1, -0.05) is 17.7 Å². The number of carbonyl (C=O) groups is 1. The van der Waals surface area contributed by atoms with E-state index >= 15 is 0 Å². The van der Waals surface area contributed by atoms with Crippen LogP contribution in [0.4, 0.5) is 0 Å². The standard InChI is InChI=1S/C11H11BrClNO2/c12-9-3-1-2-8(10(9)13)11(16)14-6-4-7(15)5-6/h1-3,6-7,15H,4-5H2,(H,14,16). The van der Waals surface area contributed by atoms with Crippen LogP contribution in [0.15, 0.2) is 22.7 Å². The highest BCUT2D eigenvalue weighted by atomic mass is 79.9. The van der Waals surface area contributed by atoms with Crippen molar-refractivity contribution in [3.8, 4) is 0 Å². The molecule has 2 rings (SSSR count). The van der Waals surface area contributed by atoms with Crippen molar-refractivity contribution in [1.82, 2.24) is 5.32 Å². The molecule has 1 aliphatic rings. The maximum Gasteiger partial charge on any atom is 0.253 e. The maximum absolute atomic E-state index is 11.8. The van der Waals surface area contributed by atoms with Crippen LogP contribution < -0.4 is 5.32 Å². The van der Waals surface area contributed by atoms with Gasteiger partial charge in [0.15, 0.2) is 0 Å². The van der Waals surface area contributed by atoms with Gasteiger partial charge in [0.1, 0.15) is 0 Å². The van der Waals surface area contributed by atoms with E-state index in [9.17, 15) is 4.79 Å². The minimum Gasteiger partial charge on any atom is -0.393 e. The summed E-state index contributed by atoms with van der Waals surface area (Å²) in [6.45, 7) is 0. The van der Waals surface area contributed by atoms with E-state index < -0.39 is 0 Å². The molecular formula is C11H11BrClNO2. The second-order valence-corrected chi connectivity index (χ2v) is 5.13. The molecular weight excluding hydrogens is 293 g/mol. The van der Waals surface area contributed by atoms with Crippen molar-refractivity contribution in [2.45, 2.75) is 25.0 Å². The van der Waals surface area contributed by atoms with Gasteiger partial charge in [-0.15, -0.1) is 0 Å². The second kappa shape index (κ2) is 4.73. The number of amides is 1.